The van der Waals surface area contributed by atoms with Crippen LogP contribution < -0.4 is 15.0 Å². The quantitative estimate of drug-likeness (QED) is 0.678. The minimum absolute atomic E-state index is 0.123. The number of thiophene rings is 1. The van der Waals surface area contributed by atoms with Crippen LogP contribution in [-0.4, -0.2) is 30.2 Å². The molecule has 8 heteroatoms. The maximum absolute atomic E-state index is 12.4. The summed E-state index contributed by atoms with van der Waals surface area (Å²) in [6, 6.07) is 4.83. The van der Waals surface area contributed by atoms with E-state index in [0.29, 0.717) is 27.5 Å². The highest BCUT2D eigenvalue weighted by Gasteiger charge is 2.21. The maximum atomic E-state index is 12.4. The van der Waals surface area contributed by atoms with Crippen LogP contribution in [0.25, 0.3) is 10.2 Å². The molecule has 0 saturated heterocycles. The van der Waals surface area contributed by atoms with Crippen molar-refractivity contribution in [1.29, 1.82) is 0 Å². The van der Waals surface area contributed by atoms with E-state index >= 15 is 0 Å². The fraction of sp³-hybridized carbons (Fsp3) is 0.316. The minimum Gasteiger partial charge on any atom is -0.497 e. The molecule has 1 aliphatic rings. The number of aryl methyl sites for hydroxylation is 2. The second-order valence-electron chi connectivity index (χ2n) is 6.19. The van der Waals surface area contributed by atoms with Gasteiger partial charge in [0.1, 0.15) is 34.3 Å². The number of benzene rings is 1. The van der Waals surface area contributed by atoms with E-state index in [0.717, 1.165) is 24.8 Å². The fourth-order valence-corrected chi connectivity index (χ4v) is 4.57. The van der Waals surface area contributed by atoms with E-state index in [-0.39, 0.29) is 17.7 Å². The summed E-state index contributed by atoms with van der Waals surface area (Å²) in [5, 5.41) is 0.680. The molecule has 1 N–H and O–H groups in total. The molecule has 0 atom stereocenters. The molecular weight excluding hydrogens is 368 g/mol. The molecule has 1 aromatic carbocycles. The van der Waals surface area contributed by atoms with Gasteiger partial charge >= 0.3 is 5.97 Å². The zero-order valence-corrected chi connectivity index (χ0v) is 15.8. The Morgan fingerprint density at radius 1 is 1.26 bits per heavy atom. The lowest BCUT2D eigenvalue weighted by Gasteiger charge is -2.10. The third-order valence-corrected chi connectivity index (χ3v) is 5.78. The summed E-state index contributed by atoms with van der Waals surface area (Å²) in [4.78, 5) is 34.0. The number of carbonyl (C=O) groups is 1. The monoisotopic (exact) mass is 386 g/mol. The summed E-state index contributed by atoms with van der Waals surface area (Å²) in [6.07, 6.45) is 3.00. The van der Waals surface area contributed by atoms with Crippen molar-refractivity contribution in [2.24, 2.45) is 0 Å². The van der Waals surface area contributed by atoms with Crippen molar-refractivity contribution >= 4 is 27.5 Å². The predicted molar refractivity (Wildman–Crippen MR) is 101 cm³/mol. The number of hydrogen-bond donors (Lipinski definition) is 1. The van der Waals surface area contributed by atoms with Gasteiger partial charge in [-0.15, -0.1) is 11.3 Å². The SMILES string of the molecule is COc1ccc(C(=O)OCc2nc3sc4c(c3c(=O)[nH]2)CCC4)c(OC)c1. The number of methoxy groups -OCH3 is 2. The van der Waals surface area contributed by atoms with Gasteiger partial charge in [0.05, 0.1) is 19.6 Å². The van der Waals surface area contributed by atoms with Crippen LogP contribution in [0.15, 0.2) is 23.0 Å². The molecule has 0 unspecified atom stereocenters. The molecule has 0 bridgehead atoms. The Labute approximate surface area is 158 Å². The number of hydrogen-bond acceptors (Lipinski definition) is 7. The zero-order chi connectivity index (χ0) is 19.0. The van der Waals surface area contributed by atoms with Crippen LogP contribution in [0.1, 0.15) is 33.0 Å². The molecule has 0 spiro atoms. The van der Waals surface area contributed by atoms with Gasteiger partial charge in [0.2, 0.25) is 0 Å². The second kappa shape index (κ2) is 7.03. The summed E-state index contributed by atoms with van der Waals surface area (Å²) in [7, 11) is 3.00. The molecule has 3 aromatic rings. The lowest BCUT2D eigenvalue weighted by molar-refractivity contribution is 0.0458. The number of rotatable bonds is 5. The van der Waals surface area contributed by atoms with Crippen LogP contribution in [0.2, 0.25) is 0 Å². The van der Waals surface area contributed by atoms with Gasteiger partial charge in [-0.3, -0.25) is 4.79 Å². The van der Waals surface area contributed by atoms with E-state index < -0.39 is 5.97 Å². The first-order valence-electron chi connectivity index (χ1n) is 8.53. The van der Waals surface area contributed by atoms with Gasteiger partial charge in [0.15, 0.2) is 0 Å². The third-order valence-electron chi connectivity index (χ3n) is 4.59. The summed E-state index contributed by atoms with van der Waals surface area (Å²) in [5.74, 6) is 0.690. The van der Waals surface area contributed by atoms with Crippen LogP contribution >= 0.6 is 11.3 Å². The molecule has 0 radical (unpaired) electrons. The number of esters is 1. The number of H-pyrrole nitrogens is 1. The van der Waals surface area contributed by atoms with Crippen molar-refractivity contribution in [2.75, 3.05) is 14.2 Å². The summed E-state index contributed by atoms with van der Waals surface area (Å²) in [5.41, 5.74) is 1.22. The molecule has 140 valence electrons. The van der Waals surface area contributed by atoms with Crippen molar-refractivity contribution in [3.05, 3.63) is 50.4 Å². The molecule has 0 fully saturated rings. The first kappa shape index (κ1) is 17.5. The summed E-state index contributed by atoms with van der Waals surface area (Å²) >= 11 is 1.55. The summed E-state index contributed by atoms with van der Waals surface area (Å²) < 4.78 is 15.7. The topological polar surface area (TPSA) is 90.5 Å². The Balaban J connectivity index is 1.55. The van der Waals surface area contributed by atoms with Gasteiger partial charge in [-0.1, -0.05) is 0 Å². The zero-order valence-electron chi connectivity index (χ0n) is 15.0. The molecule has 7 nitrogen and oxygen atoms in total. The van der Waals surface area contributed by atoms with Gasteiger partial charge in [0, 0.05) is 10.9 Å². The maximum Gasteiger partial charge on any atom is 0.342 e. The molecule has 0 saturated carbocycles. The highest BCUT2D eigenvalue weighted by molar-refractivity contribution is 7.18. The van der Waals surface area contributed by atoms with Gasteiger partial charge in [-0.2, -0.15) is 0 Å². The molecule has 1 aliphatic carbocycles. The lowest BCUT2D eigenvalue weighted by Crippen LogP contribution is -2.15. The molecular formula is C19H18N2O5S. The number of fused-ring (bicyclic) bond motifs is 3. The Kier molecular flexibility index (Phi) is 4.57. The largest absolute Gasteiger partial charge is 0.497 e. The van der Waals surface area contributed by atoms with Crippen molar-refractivity contribution in [3.8, 4) is 11.5 Å². The smallest absolute Gasteiger partial charge is 0.342 e. The van der Waals surface area contributed by atoms with Crippen LogP contribution in [0.5, 0.6) is 11.5 Å². The number of nitrogens with zero attached hydrogens (tertiary/aromatic N) is 1. The standard InChI is InChI=1S/C19H18N2O5S/c1-24-10-6-7-11(13(8-10)25-2)19(23)26-9-15-20-17(22)16-12-4-3-5-14(12)27-18(16)21-15/h6-8H,3-5,9H2,1-2H3,(H,20,21,22). The van der Waals surface area contributed by atoms with Crippen molar-refractivity contribution in [2.45, 2.75) is 25.9 Å². The number of nitrogens with one attached hydrogen (secondary N) is 1. The highest BCUT2D eigenvalue weighted by atomic mass is 32.1. The van der Waals surface area contributed by atoms with E-state index in [9.17, 15) is 9.59 Å². The molecule has 0 aliphatic heterocycles. The van der Waals surface area contributed by atoms with E-state index in [1.807, 2.05) is 0 Å². The first-order valence-corrected chi connectivity index (χ1v) is 9.35. The first-order chi connectivity index (χ1) is 13.1. The van der Waals surface area contributed by atoms with Gasteiger partial charge < -0.3 is 19.2 Å². The highest BCUT2D eigenvalue weighted by Crippen LogP contribution is 2.34. The van der Waals surface area contributed by atoms with E-state index in [2.05, 4.69) is 9.97 Å². The second-order valence-corrected chi connectivity index (χ2v) is 7.28. The molecule has 4 rings (SSSR count). The van der Waals surface area contributed by atoms with Crippen molar-refractivity contribution in [1.82, 2.24) is 9.97 Å². The van der Waals surface area contributed by atoms with Crippen molar-refractivity contribution in [3.63, 3.8) is 0 Å². The normalized spacial score (nSPS) is 12.8. The van der Waals surface area contributed by atoms with Crippen LogP contribution in [0.3, 0.4) is 0 Å². The molecule has 2 aromatic heterocycles. The Morgan fingerprint density at radius 2 is 2.11 bits per heavy atom. The number of aromatic amines is 1. The van der Waals surface area contributed by atoms with Crippen LogP contribution in [0.4, 0.5) is 0 Å². The predicted octanol–water partition coefficient (Wildman–Crippen LogP) is 2.85. The Hall–Kier alpha value is -2.87. The summed E-state index contributed by atoms with van der Waals surface area (Å²) in [6.45, 7) is -0.123. The number of carbonyl (C=O) groups excluding carboxylic acids is 1. The van der Waals surface area contributed by atoms with Gasteiger partial charge in [0.25, 0.3) is 5.56 Å². The van der Waals surface area contributed by atoms with Gasteiger partial charge in [-0.25, -0.2) is 9.78 Å². The minimum atomic E-state index is -0.564. The van der Waals surface area contributed by atoms with Crippen LogP contribution in [0, 0.1) is 0 Å². The fourth-order valence-electron chi connectivity index (χ4n) is 3.29. The molecule has 0 amide bonds. The van der Waals surface area contributed by atoms with Crippen molar-refractivity contribution < 1.29 is 19.0 Å². The Morgan fingerprint density at radius 3 is 2.89 bits per heavy atom. The van der Waals surface area contributed by atoms with Gasteiger partial charge in [-0.05, 0) is 37.0 Å². The number of aromatic nitrogens is 2. The number of ether oxygens (including phenoxy) is 3. The molecule has 27 heavy (non-hydrogen) atoms. The molecule has 2 heterocycles. The van der Waals surface area contributed by atoms with E-state index in [4.69, 9.17) is 14.2 Å². The third kappa shape index (κ3) is 3.16. The van der Waals surface area contributed by atoms with E-state index in [1.165, 1.54) is 19.1 Å². The van der Waals surface area contributed by atoms with Crippen LogP contribution in [-0.2, 0) is 24.2 Å². The van der Waals surface area contributed by atoms with E-state index in [1.54, 1.807) is 29.5 Å². The average Bonchev–Trinajstić information content (AvgIpc) is 3.26. The lowest BCUT2D eigenvalue weighted by atomic mass is 10.2. The average molecular weight is 386 g/mol. The Bertz CT molecular complexity index is 1090.